The summed E-state index contributed by atoms with van der Waals surface area (Å²) in [5.41, 5.74) is 1.07. The quantitative estimate of drug-likeness (QED) is 0.741. The summed E-state index contributed by atoms with van der Waals surface area (Å²) in [5, 5.41) is 12.8. The molecule has 0 spiro atoms. The molecule has 2 heterocycles. The topological polar surface area (TPSA) is 73.3 Å². The number of nitrogens with zero attached hydrogens (tertiary/aromatic N) is 2. The number of carbonyl (C=O) groups excluding carboxylic acids is 1. The Morgan fingerprint density at radius 3 is 2.73 bits per heavy atom. The normalized spacial score (nSPS) is 15.5. The van der Waals surface area contributed by atoms with Gasteiger partial charge in [-0.2, -0.15) is 0 Å². The first-order valence-corrected chi connectivity index (χ1v) is 9.13. The average molecular weight is 388 g/mol. The number of aromatic nitrogens is 2. The van der Waals surface area contributed by atoms with E-state index in [1.807, 2.05) is 36.4 Å². The fraction of sp³-hybridized carbons (Fsp3) is 0.167. The largest absolute Gasteiger partial charge is 0.485 e. The Hall–Kier alpha value is -2.64. The SMILES string of the molecule is O=C(Nc1nnc(Cc2ccc(Cl)cc2)s1)[C@H]1COc2ccccc2O1. The highest BCUT2D eigenvalue weighted by Crippen LogP contribution is 2.31. The van der Waals surface area contributed by atoms with E-state index in [0.717, 1.165) is 10.6 Å². The maximum Gasteiger partial charge on any atom is 0.270 e. The van der Waals surface area contributed by atoms with Crippen molar-refractivity contribution in [3.05, 3.63) is 64.1 Å². The molecule has 2 aromatic carbocycles. The second kappa shape index (κ2) is 7.31. The molecule has 132 valence electrons. The maximum atomic E-state index is 12.4. The van der Waals surface area contributed by atoms with E-state index in [1.165, 1.54) is 11.3 Å². The molecule has 1 amide bonds. The third-order valence-electron chi connectivity index (χ3n) is 3.77. The number of carbonyl (C=O) groups is 1. The maximum absolute atomic E-state index is 12.4. The van der Waals surface area contributed by atoms with Gasteiger partial charge in [0.15, 0.2) is 11.5 Å². The standard InChI is InChI=1S/C18H14ClN3O3S/c19-12-7-5-11(6-8-12)9-16-21-22-18(26-16)20-17(23)15-10-24-13-3-1-2-4-14(13)25-15/h1-8,15H,9-10H2,(H,20,22,23)/t15-/m1/s1. The number of hydrogen-bond donors (Lipinski definition) is 1. The van der Waals surface area contributed by atoms with Gasteiger partial charge in [-0.1, -0.05) is 47.2 Å². The number of fused-ring (bicyclic) bond motifs is 1. The van der Waals surface area contributed by atoms with Gasteiger partial charge in [0.1, 0.15) is 11.6 Å². The number of hydrogen-bond acceptors (Lipinski definition) is 6. The lowest BCUT2D eigenvalue weighted by Crippen LogP contribution is -2.40. The summed E-state index contributed by atoms with van der Waals surface area (Å²) in [5.74, 6) is 0.881. The number of amides is 1. The summed E-state index contributed by atoms with van der Waals surface area (Å²) in [6, 6.07) is 14.8. The van der Waals surface area contributed by atoms with Crippen LogP contribution in [0, 0.1) is 0 Å². The first kappa shape index (κ1) is 16.8. The van der Waals surface area contributed by atoms with Gasteiger partial charge in [-0.05, 0) is 29.8 Å². The molecular formula is C18H14ClN3O3S. The van der Waals surface area contributed by atoms with Gasteiger partial charge in [0, 0.05) is 11.4 Å². The monoisotopic (exact) mass is 387 g/mol. The van der Waals surface area contributed by atoms with Crippen LogP contribution in [0.15, 0.2) is 48.5 Å². The van der Waals surface area contributed by atoms with E-state index in [0.29, 0.717) is 28.1 Å². The Morgan fingerprint density at radius 2 is 1.92 bits per heavy atom. The predicted molar refractivity (Wildman–Crippen MR) is 99.1 cm³/mol. The Bertz CT molecular complexity index is 929. The van der Waals surface area contributed by atoms with Crippen LogP contribution in [-0.2, 0) is 11.2 Å². The number of anilines is 1. The second-order valence-electron chi connectivity index (χ2n) is 5.66. The zero-order chi connectivity index (χ0) is 17.9. The van der Waals surface area contributed by atoms with Crippen molar-refractivity contribution < 1.29 is 14.3 Å². The molecule has 0 saturated heterocycles. The molecule has 3 aromatic rings. The molecule has 6 nitrogen and oxygen atoms in total. The van der Waals surface area contributed by atoms with E-state index < -0.39 is 6.10 Å². The van der Waals surface area contributed by atoms with Crippen LogP contribution in [0.1, 0.15) is 10.6 Å². The van der Waals surface area contributed by atoms with Gasteiger partial charge < -0.3 is 9.47 Å². The fourth-order valence-corrected chi connectivity index (χ4v) is 3.39. The molecule has 1 aliphatic rings. The number of halogens is 1. The van der Waals surface area contributed by atoms with E-state index >= 15 is 0 Å². The van der Waals surface area contributed by atoms with E-state index in [-0.39, 0.29) is 12.5 Å². The van der Waals surface area contributed by atoms with Crippen LogP contribution in [0.25, 0.3) is 0 Å². The smallest absolute Gasteiger partial charge is 0.270 e. The molecule has 1 aromatic heterocycles. The molecule has 0 radical (unpaired) electrons. The van der Waals surface area contributed by atoms with E-state index in [9.17, 15) is 4.79 Å². The first-order valence-electron chi connectivity index (χ1n) is 7.93. The minimum absolute atomic E-state index is 0.152. The fourth-order valence-electron chi connectivity index (χ4n) is 2.49. The lowest BCUT2D eigenvalue weighted by molar-refractivity contribution is -0.125. The van der Waals surface area contributed by atoms with Gasteiger partial charge in [0.25, 0.3) is 5.91 Å². The zero-order valence-corrected chi connectivity index (χ0v) is 15.1. The van der Waals surface area contributed by atoms with E-state index in [1.54, 1.807) is 12.1 Å². The minimum Gasteiger partial charge on any atom is -0.485 e. The van der Waals surface area contributed by atoms with Gasteiger partial charge in [-0.15, -0.1) is 10.2 Å². The summed E-state index contributed by atoms with van der Waals surface area (Å²) in [4.78, 5) is 12.4. The Balaban J connectivity index is 1.38. The second-order valence-corrected chi connectivity index (χ2v) is 7.16. The van der Waals surface area contributed by atoms with Gasteiger partial charge >= 0.3 is 0 Å². The van der Waals surface area contributed by atoms with E-state index in [4.69, 9.17) is 21.1 Å². The van der Waals surface area contributed by atoms with Crippen molar-refractivity contribution >= 4 is 34.0 Å². The lowest BCUT2D eigenvalue weighted by Gasteiger charge is -2.25. The first-order chi connectivity index (χ1) is 12.7. The van der Waals surface area contributed by atoms with Crippen molar-refractivity contribution in [1.82, 2.24) is 10.2 Å². The molecule has 0 aliphatic carbocycles. The molecule has 0 bridgehead atoms. The zero-order valence-electron chi connectivity index (χ0n) is 13.5. The van der Waals surface area contributed by atoms with Gasteiger partial charge in [0.2, 0.25) is 11.2 Å². The molecule has 0 fully saturated rings. The van der Waals surface area contributed by atoms with Crippen molar-refractivity contribution in [2.24, 2.45) is 0 Å². The number of benzene rings is 2. The molecule has 26 heavy (non-hydrogen) atoms. The summed E-state index contributed by atoms with van der Waals surface area (Å²) < 4.78 is 11.2. The van der Waals surface area contributed by atoms with Gasteiger partial charge in [0.05, 0.1) is 0 Å². The Morgan fingerprint density at radius 1 is 1.15 bits per heavy atom. The molecule has 1 atom stereocenters. The molecule has 8 heteroatoms. The van der Waals surface area contributed by atoms with E-state index in [2.05, 4.69) is 15.5 Å². The summed E-state index contributed by atoms with van der Waals surface area (Å²) in [6.07, 6.45) is -0.102. The highest BCUT2D eigenvalue weighted by atomic mass is 35.5. The van der Waals surface area contributed by atoms with Crippen LogP contribution in [0.4, 0.5) is 5.13 Å². The predicted octanol–water partition coefficient (Wildman–Crippen LogP) is 3.56. The number of nitrogens with one attached hydrogen (secondary N) is 1. The number of para-hydroxylation sites is 2. The van der Waals surface area contributed by atoms with Crippen LogP contribution < -0.4 is 14.8 Å². The van der Waals surface area contributed by atoms with Crippen molar-refractivity contribution in [2.75, 3.05) is 11.9 Å². The molecule has 1 aliphatic heterocycles. The van der Waals surface area contributed by atoms with Crippen LogP contribution in [-0.4, -0.2) is 28.8 Å². The van der Waals surface area contributed by atoms with Crippen LogP contribution in [0.2, 0.25) is 5.02 Å². The number of ether oxygens (including phenoxy) is 2. The summed E-state index contributed by atoms with van der Waals surface area (Å²) in [6.45, 7) is 0.152. The summed E-state index contributed by atoms with van der Waals surface area (Å²) >= 11 is 7.21. The molecular weight excluding hydrogens is 374 g/mol. The van der Waals surface area contributed by atoms with Crippen molar-refractivity contribution in [3.8, 4) is 11.5 Å². The highest BCUT2D eigenvalue weighted by molar-refractivity contribution is 7.15. The summed E-state index contributed by atoms with van der Waals surface area (Å²) in [7, 11) is 0. The highest BCUT2D eigenvalue weighted by Gasteiger charge is 2.28. The third-order valence-corrected chi connectivity index (χ3v) is 4.86. The molecule has 0 saturated carbocycles. The van der Waals surface area contributed by atoms with Crippen LogP contribution in [0.3, 0.4) is 0 Å². The number of rotatable bonds is 4. The molecule has 0 unspecified atom stereocenters. The Labute approximate surface area is 158 Å². The van der Waals surface area contributed by atoms with Gasteiger partial charge in [-0.3, -0.25) is 10.1 Å². The van der Waals surface area contributed by atoms with Crippen LogP contribution in [0.5, 0.6) is 11.5 Å². The van der Waals surface area contributed by atoms with Crippen molar-refractivity contribution in [3.63, 3.8) is 0 Å². The average Bonchev–Trinajstić information content (AvgIpc) is 3.10. The molecule has 4 rings (SSSR count). The Kier molecular flexibility index (Phi) is 4.73. The molecule has 1 N–H and O–H groups in total. The van der Waals surface area contributed by atoms with Crippen molar-refractivity contribution in [1.29, 1.82) is 0 Å². The van der Waals surface area contributed by atoms with Crippen LogP contribution >= 0.6 is 22.9 Å². The van der Waals surface area contributed by atoms with Crippen molar-refractivity contribution in [2.45, 2.75) is 12.5 Å². The van der Waals surface area contributed by atoms with Gasteiger partial charge in [-0.25, -0.2) is 0 Å². The lowest BCUT2D eigenvalue weighted by atomic mass is 10.2. The third kappa shape index (κ3) is 3.79. The minimum atomic E-state index is -0.728.